The number of nitrogens with zero attached hydrogens (tertiary/aromatic N) is 4. The summed E-state index contributed by atoms with van der Waals surface area (Å²) in [6, 6.07) is 11.5. The predicted octanol–water partition coefficient (Wildman–Crippen LogP) is 2.92. The second-order valence-corrected chi connectivity index (χ2v) is 8.28. The molecule has 0 aliphatic carbocycles. The van der Waals surface area contributed by atoms with Gasteiger partial charge in [0.2, 0.25) is 0 Å². The molecule has 3 heterocycles. The molecule has 0 spiro atoms. The Bertz CT molecular complexity index is 1600. The van der Waals surface area contributed by atoms with Gasteiger partial charge < -0.3 is 18.8 Å². The first-order chi connectivity index (χ1) is 17.9. The fourth-order valence-electron chi connectivity index (χ4n) is 4.04. The second-order valence-electron chi connectivity index (χ2n) is 8.28. The largest absolute Gasteiger partial charge is 0.497 e. The third-order valence-corrected chi connectivity index (χ3v) is 5.88. The van der Waals surface area contributed by atoms with Gasteiger partial charge in [-0.3, -0.25) is 14.0 Å². The molecule has 0 saturated heterocycles. The van der Waals surface area contributed by atoms with Gasteiger partial charge >= 0.3 is 5.97 Å². The first-order valence-electron chi connectivity index (χ1n) is 11.8. The fraction of sp³-hybridized carbons (Fsp3) is 0.296. The maximum absolute atomic E-state index is 13.5. The number of aryl methyl sites for hydroxylation is 2. The van der Waals surface area contributed by atoms with Gasteiger partial charge in [-0.05, 0) is 62.2 Å². The minimum atomic E-state index is -0.695. The lowest BCUT2D eigenvalue weighted by Gasteiger charge is -2.15. The summed E-state index contributed by atoms with van der Waals surface area (Å²) in [6.45, 7) is 4.35. The quantitative estimate of drug-likeness (QED) is 0.206. The molecule has 0 aliphatic heterocycles. The number of hydrogen-bond acceptors (Lipinski definition) is 7. The lowest BCUT2D eigenvalue weighted by Crippen LogP contribution is -2.33. The van der Waals surface area contributed by atoms with Crippen LogP contribution in [0.2, 0.25) is 0 Å². The number of aromatic nitrogens is 3. The fourth-order valence-corrected chi connectivity index (χ4v) is 4.04. The summed E-state index contributed by atoms with van der Waals surface area (Å²) in [5, 5.41) is 0.208. The maximum atomic E-state index is 13.5. The molecular weight excluding hydrogens is 476 g/mol. The van der Waals surface area contributed by atoms with Crippen LogP contribution < -0.4 is 15.8 Å². The molecule has 0 N–H and O–H groups in total. The number of carbonyl (C=O) groups excluding carboxylic acids is 2. The molecule has 0 atom stereocenters. The highest BCUT2D eigenvalue weighted by Crippen LogP contribution is 2.15. The summed E-state index contributed by atoms with van der Waals surface area (Å²) in [5.41, 5.74) is 1.60. The van der Waals surface area contributed by atoms with E-state index in [4.69, 9.17) is 19.2 Å². The van der Waals surface area contributed by atoms with Gasteiger partial charge in [0.15, 0.2) is 5.49 Å². The molecular formula is C27H28N4O6. The third kappa shape index (κ3) is 5.14. The summed E-state index contributed by atoms with van der Waals surface area (Å²) in [6.07, 6.45) is 2.15. The molecule has 10 nitrogen and oxygen atoms in total. The van der Waals surface area contributed by atoms with Gasteiger partial charge in [-0.25, -0.2) is 9.78 Å². The van der Waals surface area contributed by atoms with Crippen molar-refractivity contribution in [3.63, 3.8) is 0 Å². The number of benzene rings is 1. The van der Waals surface area contributed by atoms with E-state index in [1.165, 1.54) is 17.6 Å². The normalized spacial score (nSPS) is 11.7. The SMILES string of the molecule is CCOC(=O)c1cc2c(=O)n3cccc(C)c3nc2n(CCCOC)c1=NC(=O)c1ccc(OC)cc1. The molecule has 10 heteroatoms. The van der Waals surface area contributed by atoms with E-state index in [2.05, 4.69) is 4.99 Å². The lowest BCUT2D eigenvalue weighted by atomic mass is 10.2. The van der Waals surface area contributed by atoms with Crippen molar-refractivity contribution in [2.75, 3.05) is 27.4 Å². The molecule has 1 aromatic carbocycles. The van der Waals surface area contributed by atoms with Crippen molar-refractivity contribution in [1.82, 2.24) is 14.0 Å². The van der Waals surface area contributed by atoms with E-state index >= 15 is 0 Å². The molecule has 0 aliphatic rings. The van der Waals surface area contributed by atoms with E-state index in [1.807, 2.05) is 13.0 Å². The number of fused-ring (bicyclic) bond motifs is 2. The number of carbonyl (C=O) groups is 2. The van der Waals surface area contributed by atoms with Crippen LogP contribution in [0.1, 0.15) is 39.6 Å². The molecule has 37 heavy (non-hydrogen) atoms. The van der Waals surface area contributed by atoms with Crippen LogP contribution in [0, 0.1) is 6.92 Å². The molecule has 4 rings (SSSR count). The minimum Gasteiger partial charge on any atom is -0.497 e. The van der Waals surface area contributed by atoms with Crippen LogP contribution in [0.3, 0.4) is 0 Å². The number of esters is 1. The summed E-state index contributed by atoms with van der Waals surface area (Å²) >= 11 is 0. The Hall–Kier alpha value is -4.31. The molecule has 0 unspecified atom stereocenters. The topological polar surface area (TPSA) is 113 Å². The number of pyridine rings is 2. The number of rotatable bonds is 8. The van der Waals surface area contributed by atoms with Crippen LogP contribution in [-0.2, 0) is 16.0 Å². The molecule has 0 radical (unpaired) electrons. The lowest BCUT2D eigenvalue weighted by molar-refractivity contribution is 0.0523. The second kappa shape index (κ2) is 11.2. The van der Waals surface area contributed by atoms with Crippen molar-refractivity contribution in [3.8, 4) is 5.75 Å². The summed E-state index contributed by atoms with van der Waals surface area (Å²) in [4.78, 5) is 48.9. The van der Waals surface area contributed by atoms with E-state index in [-0.39, 0.29) is 28.6 Å². The van der Waals surface area contributed by atoms with Gasteiger partial charge in [0.05, 0.1) is 19.1 Å². The molecule has 1 amide bonds. The Morgan fingerprint density at radius 3 is 2.51 bits per heavy atom. The first kappa shape index (κ1) is 25.8. The van der Waals surface area contributed by atoms with Gasteiger partial charge in [0.25, 0.3) is 11.5 Å². The van der Waals surface area contributed by atoms with Crippen LogP contribution in [0.15, 0.2) is 58.4 Å². The molecule has 4 aromatic rings. The minimum absolute atomic E-state index is 0.000122. The van der Waals surface area contributed by atoms with Crippen LogP contribution in [0.5, 0.6) is 5.75 Å². The Morgan fingerprint density at radius 2 is 1.84 bits per heavy atom. The average molecular weight is 505 g/mol. The van der Waals surface area contributed by atoms with Crippen molar-refractivity contribution < 1.29 is 23.8 Å². The number of amides is 1. The summed E-state index contributed by atoms with van der Waals surface area (Å²) in [7, 11) is 3.11. The van der Waals surface area contributed by atoms with Crippen molar-refractivity contribution in [3.05, 3.63) is 81.2 Å². The number of ether oxygens (including phenoxy) is 3. The Morgan fingerprint density at radius 1 is 1.08 bits per heavy atom. The molecule has 0 bridgehead atoms. The van der Waals surface area contributed by atoms with E-state index < -0.39 is 11.9 Å². The van der Waals surface area contributed by atoms with Crippen molar-refractivity contribution in [1.29, 1.82) is 0 Å². The van der Waals surface area contributed by atoms with Crippen LogP contribution >= 0.6 is 0 Å². The van der Waals surface area contributed by atoms with Crippen LogP contribution in [-0.4, -0.2) is 53.3 Å². The van der Waals surface area contributed by atoms with E-state index in [1.54, 1.807) is 55.1 Å². The van der Waals surface area contributed by atoms with Gasteiger partial charge in [-0.15, -0.1) is 0 Å². The van der Waals surface area contributed by atoms with Gasteiger partial charge in [0.1, 0.15) is 22.6 Å². The van der Waals surface area contributed by atoms with E-state index in [9.17, 15) is 14.4 Å². The Balaban J connectivity index is 2.08. The van der Waals surface area contributed by atoms with E-state index in [0.29, 0.717) is 42.2 Å². The van der Waals surface area contributed by atoms with Crippen LogP contribution in [0.4, 0.5) is 0 Å². The zero-order chi connectivity index (χ0) is 26.5. The standard InChI is InChI=1S/C27H28N4O6/c1-5-37-27(34)21-16-20-23(28-22-17(2)8-6-13-31(22)26(20)33)30(14-7-15-35-3)24(21)29-25(32)18-9-11-19(36-4)12-10-18/h6,8-13,16H,5,7,14-15H2,1-4H3. The average Bonchev–Trinajstić information content (AvgIpc) is 2.90. The van der Waals surface area contributed by atoms with Gasteiger partial charge in [-0.2, -0.15) is 4.99 Å². The van der Waals surface area contributed by atoms with E-state index in [0.717, 1.165) is 5.56 Å². The van der Waals surface area contributed by atoms with Crippen molar-refractivity contribution in [2.24, 2.45) is 4.99 Å². The van der Waals surface area contributed by atoms with Gasteiger partial charge in [-0.1, -0.05) is 6.07 Å². The number of methoxy groups -OCH3 is 2. The highest BCUT2D eigenvalue weighted by Gasteiger charge is 2.20. The highest BCUT2D eigenvalue weighted by atomic mass is 16.5. The van der Waals surface area contributed by atoms with Crippen molar-refractivity contribution in [2.45, 2.75) is 26.8 Å². The predicted molar refractivity (Wildman–Crippen MR) is 137 cm³/mol. The zero-order valence-electron chi connectivity index (χ0n) is 21.2. The van der Waals surface area contributed by atoms with Crippen molar-refractivity contribution >= 4 is 28.6 Å². The first-order valence-corrected chi connectivity index (χ1v) is 11.8. The Kier molecular flexibility index (Phi) is 7.78. The third-order valence-electron chi connectivity index (χ3n) is 5.88. The molecule has 192 valence electrons. The summed E-state index contributed by atoms with van der Waals surface area (Å²) < 4.78 is 18.7. The number of hydrogen-bond donors (Lipinski definition) is 0. The van der Waals surface area contributed by atoms with Crippen LogP contribution in [0.25, 0.3) is 16.7 Å². The molecule has 3 aromatic heterocycles. The zero-order valence-corrected chi connectivity index (χ0v) is 21.2. The highest BCUT2D eigenvalue weighted by molar-refractivity contribution is 5.97. The smallest absolute Gasteiger partial charge is 0.341 e. The monoisotopic (exact) mass is 504 g/mol. The van der Waals surface area contributed by atoms with Gasteiger partial charge in [0, 0.05) is 32.0 Å². The summed E-state index contributed by atoms with van der Waals surface area (Å²) in [5.74, 6) is -0.669. The maximum Gasteiger partial charge on any atom is 0.341 e. The Labute approximate surface area is 212 Å². The molecule has 0 saturated carbocycles. The molecule has 0 fully saturated rings.